The summed E-state index contributed by atoms with van der Waals surface area (Å²) >= 11 is 1.70. The van der Waals surface area contributed by atoms with E-state index in [4.69, 9.17) is 5.73 Å². The van der Waals surface area contributed by atoms with Crippen molar-refractivity contribution in [2.24, 2.45) is 5.73 Å². The van der Waals surface area contributed by atoms with Crippen LogP contribution in [-0.4, -0.2) is 6.26 Å². The predicted molar refractivity (Wildman–Crippen MR) is 88.2 cm³/mol. The van der Waals surface area contributed by atoms with Crippen LogP contribution < -0.4 is 5.73 Å². The van der Waals surface area contributed by atoms with Gasteiger partial charge in [0.05, 0.1) is 6.04 Å². The molecule has 2 N–H and O–H groups in total. The quantitative estimate of drug-likeness (QED) is 0.706. The maximum Gasteiger partial charge on any atom is 0.131 e. The summed E-state index contributed by atoms with van der Waals surface area (Å²) in [6.07, 6.45) is 2.04. The van der Waals surface area contributed by atoms with Gasteiger partial charge in [-0.3, -0.25) is 0 Å². The Labute approximate surface area is 128 Å². The Hall–Kier alpha value is -1.84. The Kier molecular flexibility index (Phi) is 3.95. The molecular formula is C18H16FNS. The van der Waals surface area contributed by atoms with Crippen LogP contribution in [0.15, 0.2) is 65.6 Å². The third-order valence-electron chi connectivity index (χ3n) is 3.71. The predicted octanol–water partition coefficient (Wildman–Crippen LogP) is 4.75. The molecule has 0 fully saturated rings. The summed E-state index contributed by atoms with van der Waals surface area (Å²) < 4.78 is 13.9. The zero-order valence-corrected chi connectivity index (χ0v) is 12.5. The first-order chi connectivity index (χ1) is 10.2. The molecule has 1 nitrogen and oxygen atoms in total. The highest BCUT2D eigenvalue weighted by molar-refractivity contribution is 7.98. The highest BCUT2D eigenvalue weighted by atomic mass is 32.2. The van der Waals surface area contributed by atoms with Crippen molar-refractivity contribution in [3.05, 3.63) is 77.6 Å². The van der Waals surface area contributed by atoms with Crippen LogP contribution in [-0.2, 0) is 0 Å². The van der Waals surface area contributed by atoms with Gasteiger partial charge in [0.2, 0.25) is 0 Å². The lowest BCUT2D eigenvalue weighted by molar-refractivity contribution is 0.639. The minimum atomic E-state index is -0.258. The van der Waals surface area contributed by atoms with Gasteiger partial charge in [-0.2, -0.15) is 0 Å². The summed E-state index contributed by atoms with van der Waals surface area (Å²) in [6, 6.07) is 18.7. The van der Waals surface area contributed by atoms with Gasteiger partial charge in [0.25, 0.3) is 0 Å². The van der Waals surface area contributed by atoms with Crippen molar-refractivity contribution < 1.29 is 4.39 Å². The molecule has 106 valence electrons. The maximum absolute atomic E-state index is 13.9. The van der Waals surface area contributed by atoms with Gasteiger partial charge in [-0.05, 0) is 41.0 Å². The van der Waals surface area contributed by atoms with Crippen LogP contribution in [0.2, 0.25) is 0 Å². The fourth-order valence-corrected chi connectivity index (χ4v) is 2.96. The molecule has 0 aliphatic carbocycles. The maximum atomic E-state index is 13.9. The molecule has 3 aromatic carbocycles. The van der Waals surface area contributed by atoms with E-state index in [9.17, 15) is 4.39 Å². The molecule has 0 amide bonds. The standard InChI is InChI=1S/C18H16FNS/c1-21-13-8-6-12(7-9-13)18(20)16-10-11-17(19)15-5-3-2-4-14(15)16/h2-11,18H,20H2,1H3. The summed E-state index contributed by atoms with van der Waals surface area (Å²) in [5, 5.41) is 1.49. The average molecular weight is 297 g/mol. The number of benzene rings is 3. The SMILES string of the molecule is CSc1ccc(C(N)c2ccc(F)c3ccccc23)cc1. The van der Waals surface area contributed by atoms with Gasteiger partial charge >= 0.3 is 0 Å². The molecule has 0 saturated heterocycles. The van der Waals surface area contributed by atoms with Crippen molar-refractivity contribution in [3.63, 3.8) is 0 Å². The number of thioether (sulfide) groups is 1. The molecule has 0 bridgehead atoms. The second kappa shape index (κ2) is 5.88. The van der Waals surface area contributed by atoms with Crippen molar-refractivity contribution in [2.75, 3.05) is 6.26 Å². The summed E-state index contributed by atoms with van der Waals surface area (Å²) in [5.74, 6) is -0.209. The lowest BCUT2D eigenvalue weighted by Gasteiger charge is -2.16. The molecule has 3 heteroatoms. The van der Waals surface area contributed by atoms with Crippen molar-refractivity contribution in [2.45, 2.75) is 10.9 Å². The topological polar surface area (TPSA) is 26.0 Å². The van der Waals surface area contributed by atoms with Crippen LogP contribution in [0.25, 0.3) is 10.8 Å². The zero-order chi connectivity index (χ0) is 14.8. The number of fused-ring (bicyclic) bond motifs is 1. The molecule has 0 aliphatic rings. The summed E-state index contributed by atoms with van der Waals surface area (Å²) in [6.45, 7) is 0. The largest absolute Gasteiger partial charge is 0.320 e. The molecule has 0 aromatic heterocycles. The van der Waals surface area contributed by atoms with Gasteiger partial charge in [-0.1, -0.05) is 42.5 Å². The number of hydrogen-bond acceptors (Lipinski definition) is 2. The van der Waals surface area contributed by atoms with Gasteiger partial charge in [-0.15, -0.1) is 11.8 Å². The van der Waals surface area contributed by atoms with Gasteiger partial charge in [0.1, 0.15) is 5.82 Å². The normalized spacial score (nSPS) is 12.5. The zero-order valence-electron chi connectivity index (χ0n) is 11.7. The van der Waals surface area contributed by atoms with Crippen molar-refractivity contribution in [3.8, 4) is 0 Å². The summed E-state index contributed by atoms with van der Waals surface area (Å²) in [4.78, 5) is 1.20. The number of halogens is 1. The lowest BCUT2D eigenvalue weighted by atomic mass is 9.94. The van der Waals surface area contributed by atoms with Crippen molar-refractivity contribution >= 4 is 22.5 Å². The van der Waals surface area contributed by atoms with Crippen molar-refractivity contribution in [1.29, 1.82) is 0 Å². The van der Waals surface area contributed by atoms with Crippen LogP contribution in [0.3, 0.4) is 0 Å². The van der Waals surface area contributed by atoms with E-state index in [1.165, 1.54) is 11.0 Å². The fraction of sp³-hybridized carbons (Fsp3) is 0.111. The minimum Gasteiger partial charge on any atom is -0.320 e. The molecule has 3 aromatic rings. The van der Waals surface area contributed by atoms with Crippen LogP contribution in [0, 0.1) is 5.82 Å². The molecule has 0 saturated carbocycles. The second-order valence-electron chi connectivity index (χ2n) is 4.93. The third-order valence-corrected chi connectivity index (χ3v) is 4.46. The average Bonchev–Trinajstić information content (AvgIpc) is 2.55. The molecule has 0 radical (unpaired) electrons. The number of nitrogens with two attached hydrogens (primary N) is 1. The molecule has 0 aliphatic heterocycles. The molecule has 21 heavy (non-hydrogen) atoms. The van der Waals surface area contributed by atoms with Crippen LogP contribution in [0.4, 0.5) is 4.39 Å². The van der Waals surface area contributed by atoms with Crippen molar-refractivity contribution in [1.82, 2.24) is 0 Å². The molecule has 0 heterocycles. The van der Waals surface area contributed by atoms with E-state index in [0.717, 1.165) is 16.5 Å². The van der Waals surface area contributed by atoms with Crippen LogP contribution in [0.5, 0.6) is 0 Å². The van der Waals surface area contributed by atoms with E-state index >= 15 is 0 Å². The van der Waals surface area contributed by atoms with E-state index in [2.05, 4.69) is 12.1 Å². The molecule has 1 atom stereocenters. The van der Waals surface area contributed by atoms with Gasteiger partial charge in [0.15, 0.2) is 0 Å². The van der Waals surface area contributed by atoms with Gasteiger partial charge < -0.3 is 5.73 Å². The molecular weight excluding hydrogens is 281 g/mol. The smallest absolute Gasteiger partial charge is 0.131 e. The van der Waals surface area contributed by atoms with E-state index < -0.39 is 0 Å². The highest BCUT2D eigenvalue weighted by Crippen LogP contribution is 2.29. The fourth-order valence-electron chi connectivity index (χ4n) is 2.55. The van der Waals surface area contributed by atoms with E-state index in [1.807, 2.05) is 36.6 Å². The first-order valence-electron chi connectivity index (χ1n) is 6.77. The number of rotatable bonds is 3. The Bertz CT molecular complexity index is 768. The van der Waals surface area contributed by atoms with E-state index in [1.54, 1.807) is 23.9 Å². The molecule has 1 unspecified atom stereocenters. The Morgan fingerprint density at radius 2 is 1.57 bits per heavy atom. The lowest BCUT2D eigenvalue weighted by Crippen LogP contribution is -2.12. The second-order valence-corrected chi connectivity index (χ2v) is 5.81. The van der Waals surface area contributed by atoms with E-state index in [-0.39, 0.29) is 11.9 Å². The highest BCUT2D eigenvalue weighted by Gasteiger charge is 2.13. The van der Waals surface area contributed by atoms with Gasteiger partial charge in [-0.25, -0.2) is 4.39 Å². The summed E-state index contributed by atoms with van der Waals surface area (Å²) in [7, 11) is 0. The van der Waals surface area contributed by atoms with E-state index in [0.29, 0.717) is 5.39 Å². The van der Waals surface area contributed by atoms with Crippen LogP contribution >= 0.6 is 11.8 Å². The monoisotopic (exact) mass is 297 g/mol. The Balaban J connectivity index is 2.08. The van der Waals surface area contributed by atoms with Crippen LogP contribution in [0.1, 0.15) is 17.2 Å². The first kappa shape index (κ1) is 14.1. The minimum absolute atomic E-state index is 0.209. The molecule has 3 rings (SSSR count). The van der Waals surface area contributed by atoms with Gasteiger partial charge in [0, 0.05) is 10.3 Å². The third kappa shape index (κ3) is 2.67. The Morgan fingerprint density at radius 1 is 0.905 bits per heavy atom. The molecule has 0 spiro atoms. The number of hydrogen-bond donors (Lipinski definition) is 1. The first-order valence-corrected chi connectivity index (χ1v) is 8.00. The Morgan fingerprint density at radius 3 is 2.24 bits per heavy atom. The summed E-state index contributed by atoms with van der Waals surface area (Å²) in [5.41, 5.74) is 8.37.